The van der Waals surface area contributed by atoms with Crippen molar-refractivity contribution in [3.8, 4) is 0 Å². The summed E-state index contributed by atoms with van der Waals surface area (Å²) in [7, 11) is 1.76. The van der Waals surface area contributed by atoms with E-state index in [2.05, 4.69) is 5.32 Å². The van der Waals surface area contributed by atoms with Crippen LogP contribution in [0.5, 0.6) is 0 Å². The normalized spacial score (nSPS) is 13.2. The van der Waals surface area contributed by atoms with Crippen LogP contribution in [0.15, 0.2) is 24.3 Å². The number of benzene rings is 1. The topological polar surface area (TPSA) is 38.3 Å². The molecule has 0 radical (unpaired) electrons. The molecule has 0 aromatic heterocycles. The van der Waals surface area contributed by atoms with Gasteiger partial charge in [-0.3, -0.25) is 0 Å². The van der Waals surface area contributed by atoms with Crippen LogP contribution < -0.4 is 5.32 Å². The molecule has 1 N–H and O–H groups in total. The van der Waals surface area contributed by atoms with Crippen LogP contribution in [0.2, 0.25) is 0 Å². The number of hydrogen-bond acceptors (Lipinski definition) is 3. The Morgan fingerprint density at radius 1 is 1.24 bits per heavy atom. The van der Waals surface area contributed by atoms with Gasteiger partial charge in [-0.15, -0.1) is 0 Å². The zero-order valence-electron chi connectivity index (χ0n) is 11.2. The highest BCUT2D eigenvalue weighted by Gasteiger charge is 2.24. The first-order valence-electron chi connectivity index (χ1n) is 5.80. The summed E-state index contributed by atoms with van der Waals surface area (Å²) in [6.07, 6.45) is 0. The van der Waals surface area contributed by atoms with E-state index in [9.17, 15) is 4.79 Å². The van der Waals surface area contributed by atoms with Crippen LogP contribution in [-0.4, -0.2) is 18.6 Å². The second kappa shape index (κ2) is 5.32. The fraction of sp³-hybridized carbons (Fsp3) is 0.500. The van der Waals surface area contributed by atoms with Gasteiger partial charge in [0.1, 0.15) is 11.6 Å². The molecule has 94 valence electrons. The number of hydrogen-bond donors (Lipinski definition) is 1. The van der Waals surface area contributed by atoms with Crippen LogP contribution in [0.1, 0.15) is 37.9 Å². The Bertz CT molecular complexity index is 376. The van der Waals surface area contributed by atoms with Crippen LogP contribution in [0, 0.1) is 6.92 Å². The molecule has 0 aliphatic rings. The minimum absolute atomic E-state index is 0.246. The number of ether oxygens (including phenoxy) is 1. The van der Waals surface area contributed by atoms with E-state index in [-0.39, 0.29) is 5.97 Å². The molecule has 1 aromatic rings. The van der Waals surface area contributed by atoms with Crippen molar-refractivity contribution in [2.75, 3.05) is 7.05 Å². The predicted molar refractivity (Wildman–Crippen MR) is 68.8 cm³/mol. The van der Waals surface area contributed by atoms with Crippen LogP contribution in [-0.2, 0) is 9.53 Å². The quantitative estimate of drug-likeness (QED) is 0.818. The van der Waals surface area contributed by atoms with E-state index in [0.29, 0.717) is 0 Å². The van der Waals surface area contributed by atoms with E-state index in [1.807, 2.05) is 52.0 Å². The molecular formula is C14H21NO2. The van der Waals surface area contributed by atoms with Gasteiger partial charge in [-0.2, -0.15) is 0 Å². The molecule has 0 saturated heterocycles. The van der Waals surface area contributed by atoms with Gasteiger partial charge in [0.15, 0.2) is 0 Å². The molecule has 0 saturated carbocycles. The van der Waals surface area contributed by atoms with Gasteiger partial charge in [0.2, 0.25) is 0 Å². The largest absolute Gasteiger partial charge is 0.459 e. The lowest BCUT2D eigenvalue weighted by Crippen LogP contribution is -2.33. The van der Waals surface area contributed by atoms with Crippen LogP contribution in [0.3, 0.4) is 0 Å². The lowest BCUT2D eigenvalue weighted by Gasteiger charge is -2.24. The maximum atomic E-state index is 12.0. The number of likely N-dealkylation sites (N-methyl/N-ethyl adjacent to an activating group) is 1. The van der Waals surface area contributed by atoms with Crippen molar-refractivity contribution in [3.05, 3.63) is 35.4 Å². The van der Waals surface area contributed by atoms with Crippen LogP contribution in [0.4, 0.5) is 0 Å². The summed E-state index contributed by atoms with van der Waals surface area (Å²) in [4.78, 5) is 12.0. The Balaban J connectivity index is 2.84. The van der Waals surface area contributed by atoms with Gasteiger partial charge >= 0.3 is 5.97 Å². The highest BCUT2D eigenvalue weighted by molar-refractivity contribution is 5.78. The zero-order valence-corrected chi connectivity index (χ0v) is 11.2. The van der Waals surface area contributed by atoms with E-state index >= 15 is 0 Å². The third kappa shape index (κ3) is 4.19. The third-order valence-corrected chi connectivity index (χ3v) is 2.34. The van der Waals surface area contributed by atoms with Crippen molar-refractivity contribution >= 4 is 5.97 Å². The van der Waals surface area contributed by atoms with E-state index < -0.39 is 11.6 Å². The zero-order chi connectivity index (χ0) is 13.1. The molecule has 0 heterocycles. The number of carbonyl (C=O) groups excluding carboxylic acids is 1. The first kappa shape index (κ1) is 13.7. The van der Waals surface area contributed by atoms with Gasteiger partial charge in [-0.25, -0.2) is 4.79 Å². The number of carbonyl (C=O) groups is 1. The first-order chi connectivity index (χ1) is 7.83. The Labute approximate surface area is 103 Å². The molecule has 1 atom stereocenters. The fourth-order valence-electron chi connectivity index (χ4n) is 1.54. The summed E-state index contributed by atoms with van der Waals surface area (Å²) in [5.41, 5.74) is 1.64. The van der Waals surface area contributed by atoms with E-state index in [1.165, 1.54) is 5.56 Å². The second-order valence-electron chi connectivity index (χ2n) is 5.17. The molecule has 0 amide bonds. The van der Waals surface area contributed by atoms with Crippen molar-refractivity contribution in [3.63, 3.8) is 0 Å². The molecular weight excluding hydrogens is 214 g/mol. The molecule has 1 aromatic carbocycles. The third-order valence-electron chi connectivity index (χ3n) is 2.34. The standard InChI is InChI=1S/C14H21NO2/c1-10-6-8-11(9-7-10)12(15-5)13(16)17-14(2,3)4/h6-9,12,15H,1-5H3. The summed E-state index contributed by atoms with van der Waals surface area (Å²) >= 11 is 0. The Morgan fingerprint density at radius 3 is 2.18 bits per heavy atom. The van der Waals surface area contributed by atoms with Crippen molar-refractivity contribution < 1.29 is 9.53 Å². The maximum Gasteiger partial charge on any atom is 0.328 e. The summed E-state index contributed by atoms with van der Waals surface area (Å²) < 4.78 is 5.37. The molecule has 1 rings (SSSR count). The van der Waals surface area contributed by atoms with Gasteiger partial charge < -0.3 is 10.1 Å². The highest BCUT2D eigenvalue weighted by Crippen LogP contribution is 2.18. The summed E-state index contributed by atoms with van der Waals surface area (Å²) in [5.74, 6) is -0.246. The molecule has 0 aliphatic heterocycles. The number of rotatable bonds is 3. The molecule has 3 nitrogen and oxygen atoms in total. The maximum absolute atomic E-state index is 12.0. The number of aryl methyl sites for hydroxylation is 1. The Kier molecular flexibility index (Phi) is 4.29. The lowest BCUT2D eigenvalue weighted by atomic mass is 10.1. The molecule has 17 heavy (non-hydrogen) atoms. The number of esters is 1. The van der Waals surface area contributed by atoms with Crippen molar-refractivity contribution in [1.29, 1.82) is 0 Å². The van der Waals surface area contributed by atoms with Gasteiger partial charge in [-0.1, -0.05) is 29.8 Å². The van der Waals surface area contributed by atoms with Gasteiger partial charge in [0, 0.05) is 0 Å². The second-order valence-corrected chi connectivity index (χ2v) is 5.17. The smallest absolute Gasteiger partial charge is 0.328 e. The summed E-state index contributed by atoms with van der Waals surface area (Å²) in [6.45, 7) is 7.62. The highest BCUT2D eigenvalue weighted by atomic mass is 16.6. The van der Waals surface area contributed by atoms with E-state index in [0.717, 1.165) is 5.56 Å². The van der Waals surface area contributed by atoms with Crippen molar-refractivity contribution in [2.24, 2.45) is 0 Å². The Hall–Kier alpha value is -1.35. The average molecular weight is 235 g/mol. The lowest BCUT2D eigenvalue weighted by molar-refractivity contribution is -0.157. The van der Waals surface area contributed by atoms with Crippen LogP contribution in [0.25, 0.3) is 0 Å². The predicted octanol–water partition coefficient (Wildman–Crippen LogP) is 2.60. The SMILES string of the molecule is CNC(C(=O)OC(C)(C)C)c1ccc(C)cc1. The average Bonchev–Trinajstić information content (AvgIpc) is 2.19. The summed E-state index contributed by atoms with van der Waals surface area (Å²) in [6, 6.07) is 7.46. The Morgan fingerprint density at radius 2 is 1.76 bits per heavy atom. The number of nitrogens with one attached hydrogen (secondary N) is 1. The van der Waals surface area contributed by atoms with E-state index in [1.54, 1.807) is 7.05 Å². The first-order valence-corrected chi connectivity index (χ1v) is 5.80. The molecule has 0 spiro atoms. The molecule has 0 fully saturated rings. The molecule has 3 heteroatoms. The van der Waals surface area contributed by atoms with Crippen molar-refractivity contribution in [2.45, 2.75) is 39.3 Å². The molecule has 0 aliphatic carbocycles. The summed E-state index contributed by atoms with van der Waals surface area (Å²) in [5, 5.41) is 2.99. The fourth-order valence-corrected chi connectivity index (χ4v) is 1.54. The molecule has 1 unspecified atom stereocenters. The monoisotopic (exact) mass is 235 g/mol. The van der Waals surface area contributed by atoms with Crippen molar-refractivity contribution in [1.82, 2.24) is 5.32 Å². The van der Waals surface area contributed by atoms with Gasteiger partial charge in [0.25, 0.3) is 0 Å². The van der Waals surface area contributed by atoms with Gasteiger partial charge in [-0.05, 0) is 40.3 Å². The minimum Gasteiger partial charge on any atom is -0.459 e. The van der Waals surface area contributed by atoms with Gasteiger partial charge in [0.05, 0.1) is 0 Å². The minimum atomic E-state index is -0.461. The van der Waals surface area contributed by atoms with E-state index in [4.69, 9.17) is 4.74 Å². The van der Waals surface area contributed by atoms with Crippen LogP contribution >= 0.6 is 0 Å². The molecule has 0 bridgehead atoms.